The van der Waals surface area contributed by atoms with Crippen molar-refractivity contribution in [2.24, 2.45) is 10.7 Å². The molecular weight excluding hydrogens is 280 g/mol. The summed E-state index contributed by atoms with van der Waals surface area (Å²) in [5, 5.41) is 6.52. The van der Waals surface area contributed by atoms with Gasteiger partial charge in [0, 0.05) is 20.1 Å². The van der Waals surface area contributed by atoms with Crippen LogP contribution in [0.15, 0.2) is 29.3 Å². The molecule has 0 atom stereocenters. The molecule has 1 amide bonds. The predicted molar refractivity (Wildman–Crippen MR) is 88.9 cm³/mol. The van der Waals surface area contributed by atoms with Crippen LogP contribution in [0.1, 0.15) is 31.7 Å². The molecule has 0 aliphatic carbocycles. The van der Waals surface area contributed by atoms with E-state index < -0.39 is 5.91 Å². The van der Waals surface area contributed by atoms with E-state index in [1.54, 1.807) is 13.1 Å². The number of benzene rings is 1. The van der Waals surface area contributed by atoms with Crippen molar-refractivity contribution in [3.63, 3.8) is 0 Å². The summed E-state index contributed by atoms with van der Waals surface area (Å²) in [7, 11) is 1.75. The van der Waals surface area contributed by atoms with E-state index in [2.05, 4.69) is 22.5 Å². The minimum atomic E-state index is -0.486. The van der Waals surface area contributed by atoms with Crippen LogP contribution in [-0.4, -0.2) is 32.1 Å². The van der Waals surface area contributed by atoms with Crippen molar-refractivity contribution in [3.8, 4) is 5.75 Å². The van der Waals surface area contributed by atoms with Gasteiger partial charge in [0.1, 0.15) is 5.75 Å². The van der Waals surface area contributed by atoms with E-state index in [4.69, 9.17) is 10.5 Å². The van der Waals surface area contributed by atoms with Gasteiger partial charge in [-0.2, -0.15) is 0 Å². The zero-order valence-electron chi connectivity index (χ0n) is 13.4. The molecule has 6 heteroatoms. The number of nitrogens with one attached hydrogen (secondary N) is 2. The number of guanidine groups is 1. The molecule has 6 nitrogen and oxygen atoms in total. The number of amides is 1. The molecule has 0 aliphatic heterocycles. The van der Waals surface area contributed by atoms with Crippen LogP contribution in [0.5, 0.6) is 5.75 Å². The lowest BCUT2D eigenvalue weighted by Gasteiger charge is -2.12. The number of rotatable bonds is 9. The summed E-state index contributed by atoms with van der Waals surface area (Å²) in [5.74, 6) is 0.920. The third kappa shape index (κ3) is 7.52. The second-order valence-electron chi connectivity index (χ2n) is 4.96. The Balaban J connectivity index is 2.42. The van der Waals surface area contributed by atoms with Gasteiger partial charge in [-0.05, 0) is 24.1 Å². The molecule has 122 valence electrons. The number of nitrogens with two attached hydrogens (primary N) is 1. The van der Waals surface area contributed by atoms with Crippen LogP contribution in [0.3, 0.4) is 0 Å². The Bertz CT molecular complexity index is 489. The molecule has 0 saturated heterocycles. The van der Waals surface area contributed by atoms with Gasteiger partial charge < -0.3 is 21.1 Å². The van der Waals surface area contributed by atoms with Gasteiger partial charge in [-0.1, -0.05) is 31.9 Å². The van der Waals surface area contributed by atoms with Gasteiger partial charge >= 0.3 is 0 Å². The van der Waals surface area contributed by atoms with Gasteiger partial charge in [0.15, 0.2) is 12.6 Å². The largest absolute Gasteiger partial charge is 0.484 e. The van der Waals surface area contributed by atoms with Crippen molar-refractivity contribution in [2.45, 2.75) is 32.7 Å². The Morgan fingerprint density at radius 3 is 2.82 bits per heavy atom. The van der Waals surface area contributed by atoms with Crippen molar-refractivity contribution in [1.82, 2.24) is 10.6 Å². The Kier molecular flexibility index (Phi) is 8.49. The summed E-state index contributed by atoms with van der Waals surface area (Å²) < 4.78 is 5.28. The van der Waals surface area contributed by atoms with Crippen molar-refractivity contribution in [2.75, 3.05) is 20.2 Å². The molecule has 0 aromatic heterocycles. The van der Waals surface area contributed by atoms with Gasteiger partial charge in [0.25, 0.3) is 5.91 Å². The van der Waals surface area contributed by atoms with E-state index >= 15 is 0 Å². The molecule has 0 heterocycles. The van der Waals surface area contributed by atoms with Crippen LogP contribution in [0.25, 0.3) is 0 Å². The zero-order valence-corrected chi connectivity index (χ0v) is 13.4. The highest BCUT2D eigenvalue weighted by Gasteiger charge is 2.01. The average Bonchev–Trinajstić information content (AvgIpc) is 2.52. The average molecular weight is 306 g/mol. The summed E-state index contributed by atoms with van der Waals surface area (Å²) >= 11 is 0. The maximum absolute atomic E-state index is 10.7. The smallest absolute Gasteiger partial charge is 0.255 e. The minimum absolute atomic E-state index is 0.114. The monoisotopic (exact) mass is 306 g/mol. The van der Waals surface area contributed by atoms with Gasteiger partial charge in [-0.15, -0.1) is 0 Å². The number of unbranched alkanes of at least 4 members (excludes halogenated alkanes) is 2. The van der Waals surface area contributed by atoms with Crippen molar-refractivity contribution < 1.29 is 9.53 Å². The number of hydrogen-bond acceptors (Lipinski definition) is 3. The van der Waals surface area contributed by atoms with Crippen LogP contribution in [-0.2, 0) is 11.3 Å². The Hall–Kier alpha value is -2.24. The van der Waals surface area contributed by atoms with Crippen LogP contribution in [0, 0.1) is 0 Å². The maximum atomic E-state index is 10.7. The SMILES string of the molecule is CCCCCNC(=NC)NCc1cccc(OCC(N)=O)c1. The Labute approximate surface area is 132 Å². The fraction of sp³-hybridized carbons (Fsp3) is 0.500. The summed E-state index contributed by atoms with van der Waals surface area (Å²) in [5.41, 5.74) is 6.10. The van der Waals surface area contributed by atoms with Gasteiger partial charge in [-0.3, -0.25) is 9.79 Å². The summed E-state index contributed by atoms with van der Waals surface area (Å²) in [4.78, 5) is 14.9. The molecule has 22 heavy (non-hydrogen) atoms. The fourth-order valence-electron chi connectivity index (χ4n) is 1.89. The summed E-state index contributed by atoms with van der Waals surface area (Å²) in [6.45, 7) is 3.61. The molecule has 0 bridgehead atoms. The van der Waals surface area contributed by atoms with E-state index in [0.717, 1.165) is 24.5 Å². The van der Waals surface area contributed by atoms with E-state index in [1.807, 2.05) is 18.2 Å². The van der Waals surface area contributed by atoms with Crippen molar-refractivity contribution in [1.29, 1.82) is 0 Å². The number of nitrogens with zero attached hydrogens (tertiary/aromatic N) is 1. The van der Waals surface area contributed by atoms with Gasteiger partial charge in [0.05, 0.1) is 0 Å². The Morgan fingerprint density at radius 2 is 2.14 bits per heavy atom. The zero-order chi connectivity index (χ0) is 16.2. The van der Waals surface area contributed by atoms with E-state index in [-0.39, 0.29) is 6.61 Å². The van der Waals surface area contributed by atoms with Crippen molar-refractivity contribution >= 4 is 11.9 Å². The van der Waals surface area contributed by atoms with Crippen LogP contribution >= 0.6 is 0 Å². The summed E-state index contributed by atoms with van der Waals surface area (Å²) in [6.07, 6.45) is 3.54. The third-order valence-corrected chi connectivity index (χ3v) is 3.04. The second-order valence-corrected chi connectivity index (χ2v) is 4.96. The number of hydrogen-bond donors (Lipinski definition) is 3. The lowest BCUT2D eigenvalue weighted by molar-refractivity contribution is -0.119. The number of primary amides is 1. The minimum Gasteiger partial charge on any atom is -0.484 e. The molecule has 4 N–H and O–H groups in total. The van der Waals surface area contributed by atoms with E-state index in [9.17, 15) is 4.79 Å². The lowest BCUT2D eigenvalue weighted by Crippen LogP contribution is -2.37. The molecule has 1 rings (SSSR count). The number of aliphatic imine (C=N–C) groups is 1. The van der Waals surface area contributed by atoms with Crippen molar-refractivity contribution in [3.05, 3.63) is 29.8 Å². The number of ether oxygens (including phenoxy) is 1. The standard InChI is InChI=1S/C16H26N4O2/c1-3-4-5-9-19-16(18-2)20-11-13-7-6-8-14(10-13)22-12-15(17)21/h6-8,10H,3-5,9,11-12H2,1-2H3,(H2,17,21)(H2,18,19,20). The predicted octanol–water partition coefficient (Wildman–Crippen LogP) is 1.41. The molecule has 0 spiro atoms. The first-order chi connectivity index (χ1) is 10.7. The summed E-state index contributed by atoms with van der Waals surface area (Å²) in [6, 6.07) is 7.53. The number of carbonyl (C=O) groups excluding carboxylic acids is 1. The number of carbonyl (C=O) groups is 1. The van der Waals surface area contributed by atoms with E-state index in [1.165, 1.54) is 12.8 Å². The first-order valence-corrected chi connectivity index (χ1v) is 7.60. The maximum Gasteiger partial charge on any atom is 0.255 e. The fourth-order valence-corrected chi connectivity index (χ4v) is 1.89. The lowest BCUT2D eigenvalue weighted by atomic mass is 10.2. The molecule has 0 unspecified atom stereocenters. The topological polar surface area (TPSA) is 88.7 Å². The highest BCUT2D eigenvalue weighted by atomic mass is 16.5. The second kappa shape index (κ2) is 10.5. The highest BCUT2D eigenvalue weighted by molar-refractivity contribution is 5.79. The normalized spacial score (nSPS) is 11.1. The molecular formula is C16H26N4O2. The van der Waals surface area contributed by atoms with Gasteiger partial charge in [0.2, 0.25) is 0 Å². The molecule has 0 radical (unpaired) electrons. The third-order valence-electron chi connectivity index (χ3n) is 3.04. The highest BCUT2D eigenvalue weighted by Crippen LogP contribution is 2.12. The molecule has 0 saturated carbocycles. The van der Waals surface area contributed by atoms with Crippen LogP contribution in [0.4, 0.5) is 0 Å². The molecule has 1 aromatic carbocycles. The quantitative estimate of drug-likeness (QED) is 0.365. The molecule has 0 aliphatic rings. The molecule has 1 aromatic rings. The van der Waals surface area contributed by atoms with Crippen LogP contribution < -0.4 is 21.1 Å². The Morgan fingerprint density at radius 1 is 1.32 bits per heavy atom. The molecule has 0 fully saturated rings. The van der Waals surface area contributed by atoms with E-state index in [0.29, 0.717) is 12.3 Å². The first kappa shape index (κ1) is 17.8. The first-order valence-electron chi connectivity index (χ1n) is 7.60. The van der Waals surface area contributed by atoms with Crippen LogP contribution in [0.2, 0.25) is 0 Å². The van der Waals surface area contributed by atoms with Gasteiger partial charge in [-0.25, -0.2) is 0 Å².